The van der Waals surface area contributed by atoms with E-state index in [0.29, 0.717) is 5.02 Å². The number of carbonyl (C=O) groups is 1. The Kier molecular flexibility index (Phi) is 4.03. The van der Waals surface area contributed by atoms with Gasteiger partial charge in [0.2, 0.25) is 0 Å². The molecular weight excluding hydrogens is 373 g/mol. The Bertz CT molecular complexity index is 951. The van der Waals surface area contributed by atoms with Crippen molar-refractivity contribution in [1.29, 1.82) is 0 Å². The smallest absolute Gasteiger partial charge is 0.283 e. The molecule has 1 amide bonds. The van der Waals surface area contributed by atoms with E-state index >= 15 is 0 Å². The minimum atomic E-state index is -0.963. The molecule has 4 rings (SSSR count). The SMILES string of the molecule is C[C@@H]1[C@@H]2OC(N)=N[C@@](C)(c3nc(NC(=O)c4ccc(Cl)cn4)ccc3F)[C@H]12. The molecule has 3 heterocycles. The third-order valence-electron chi connectivity index (χ3n) is 5.07. The van der Waals surface area contributed by atoms with Gasteiger partial charge in [-0.1, -0.05) is 18.5 Å². The predicted octanol–water partition coefficient (Wildman–Crippen LogP) is 2.72. The van der Waals surface area contributed by atoms with Gasteiger partial charge in [0.1, 0.15) is 34.7 Å². The van der Waals surface area contributed by atoms with Crippen LogP contribution in [-0.4, -0.2) is 28.0 Å². The maximum Gasteiger partial charge on any atom is 0.283 e. The highest BCUT2D eigenvalue weighted by atomic mass is 35.5. The van der Waals surface area contributed by atoms with Crippen molar-refractivity contribution in [3.05, 3.63) is 52.7 Å². The number of aromatic nitrogens is 2. The van der Waals surface area contributed by atoms with Gasteiger partial charge in [-0.25, -0.2) is 19.4 Å². The monoisotopic (exact) mass is 389 g/mol. The number of hydrogen-bond acceptors (Lipinski definition) is 6. The average molecular weight is 390 g/mol. The molecule has 1 aliphatic carbocycles. The second kappa shape index (κ2) is 6.16. The van der Waals surface area contributed by atoms with Crippen LogP contribution in [0, 0.1) is 17.7 Å². The molecule has 27 heavy (non-hydrogen) atoms. The second-order valence-corrected chi connectivity index (χ2v) is 7.34. The minimum absolute atomic E-state index is 0.0177. The largest absolute Gasteiger partial charge is 0.461 e. The van der Waals surface area contributed by atoms with Gasteiger partial charge in [0.25, 0.3) is 11.9 Å². The first-order chi connectivity index (χ1) is 12.8. The van der Waals surface area contributed by atoms with Crippen molar-refractivity contribution in [3.8, 4) is 0 Å². The van der Waals surface area contributed by atoms with Gasteiger partial charge in [-0.15, -0.1) is 0 Å². The van der Waals surface area contributed by atoms with Gasteiger partial charge in [-0.2, -0.15) is 0 Å². The van der Waals surface area contributed by atoms with E-state index in [2.05, 4.69) is 20.3 Å². The van der Waals surface area contributed by atoms with Gasteiger partial charge < -0.3 is 15.8 Å². The first kappa shape index (κ1) is 17.7. The summed E-state index contributed by atoms with van der Waals surface area (Å²) < 4.78 is 20.1. The quantitative estimate of drug-likeness (QED) is 0.840. The number of ether oxygens (including phenoxy) is 1. The molecule has 1 saturated carbocycles. The Morgan fingerprint density at radius 3 is 2.85 bits per heavy atom. The Hall–Kier alpha value is -2.74. The molecule has 0 radical (unpaired) electrons. The fourth-order valence-electron chi connectivity index (χ4n) is 3.68. The lowest BCUT2D eigenvalue weighted by Gasteiger charge is -2.29. The molecule has 0 bridgehead atoms. The lowest BCUT2D eigenvalue weighted by atomic mass is 9.89. The van der Waals surface area contributed by atoms with Crippen molar-refractivity contribution in [2.24, 2.45) is 22.6 Å². The molecule has 1 fully saturated rings. The number of nitrogens with two attached hydrogens (primary N) is 1. The van der Waals surface area contributed by atoms with Crippen LogP contribution in [0.5, 0.6) is 0 Å². The van der Waals surface area contributed by atoms with E-state index in [0.717, 1.165) is 0 Å². The van der Waals surface area contributed by atoms with Gasteiger partial charge in [-0.05, 0) is 31.2 Å². The van der Waals surface area contributed by atoms with E-state index in [1.165, 1.54) is 24.4 Å². The highest BCUT2D eigenvalue weighted by molar-refractivity contribution is 6.30. The van der Waals surface area contributed by atoms with Gasteiger partial charge in [0.15, 0.2) is 0 Å². The highest BCUT2D eigenvalue weighted by Gasteiger charge is 2.63. The Labute approximate surface area is 159 Å². The molecule has 2 aromatic rings. The number of rotatable bonds is 3. The van der Waals surface area contributed by atoms with Crippen LogP contribution in [0.4, 0.5) is 10.2 Å². The molecule has 9 heteroatoms. The van der Waals surface area contributed by atoms with Crippen molar-refractivity contribution in [1.82, 2.24) is 9.97 Å². The lowest BCUT2D eigenvalue weighted by molar-refractivity contribution is 0.102. The van der Waals surface area contributed by atoms with Crippen LogP contribution in [0.2, 0.25) is 5.02 Å². The average Bonchev–Trinajstić information content (AvgIpc) is 3.27. The molecule has 4 atom stereocenters. The summed E-state index contributed by atoms with van der Waals surface area (Å²) >= 11 is 5.78. The first-order valence-electron chi connectivity index (χ1n) is 8.41. The topological polar surface area (TPSA) is 102 Å². The van der Waals surface area contributed by atoms with Crippen molar-refractivity contribution in [2.45, 2.75) is 25.5 Å². The second-order valence-electron chi connectivity index (χ2n) is 6.91. The number of hydrogen-bond donors (Lipinski definition) is 2. The number of carbonyl (C=O) groups excluding carboxylic acids is 1. The van der Waals surface area contributed by atoms with E-state index in [4.69, 9.17) is 22.1 Å². The van der Waals surface area contributed by atoms with Crippen molar-refractivity contribution in [3.63, 3.8) is 0 Å². The Balaban J connectivity index is 1.65. The maximum absolute atomic E-state index is 14.6. The number of amides is 1. The lowest BCUT2D eigenvalue weighted by Crippen LogP contribution is -2.36. The van der Waals surface area contributed by atoms with E-state index in [9.17, 15) is 9.18 Å². The zero-order valence-corrected chi connectivity index (χ0v) is 15.4. The molecule has 0 unspecified atom stereocenters. The van der Waals surface area contributed by atoms with Crippen LogP contribution < -0.4 is 11.1 Å². The van der Waals surface area contributed by atoms with Crippen LogP contribution in [0.1, 0.15) is 30.0 Å². The molecule has 7 nitrogen and oxygen atoms in total. The first-order valence-corrected chi connectivity index (χ1v) is 8.79. The Morgan fingerprint density at radius 1 is 1.37 bits per heavy atom. The third-order valence-corrected chi connectivity index (χ3v) is 5.30. The van der Waals surface area contributed by atoms with Crippen LogP contribution in [0.15, 0.2) is 35.5 Å². The number of halogens is 2. The van der Waals surface area contributed by atoms with Crippen LogP contribution in [-0.2, 0) is 10.3 Å². The molecule has 0 saturated heterocycles. The number of aliphatic imine (C=N–C) groups is 1. The summed E-state index contributed by atoms with van der Waals surface area (Å²) in [5.74, 6) is -0.654. The summed E-state index contributed by atoms with van der Waals surface area (Å²) in [4.78, 5) is 24.9. The van der Waals surface area contributed by atoms with E-state index in [1.807, 2.05) is 6.92 Å². The van der Waals surface area contributed by atoms with Gasteiger partial charge in [-0.3, -0.25) is 4.79 Å². The number of fused-ring (bicyclic) bond motifs is 1. The number of nitrogens with one attached hydrogen (secondary N) is 1. The maximum atomic E-state index is 14.6. The zero-order valence-electron chi connectivity index (χ0n) is 14.6. The van der Waals surface area contributed by atoms with Gasteiger partial charge in [0, 0.05) is 18.0 Å². The molecule has 2 aromatic heterocycles. The van der Waals surface area contributed by atoms with Crippen LogP contribution >= 0.6 is 11.6 Å². The zero-order chi connectivity index (χ0) is 19.3. The molecular formula is C18H17ClFN5O2. The molecule has 2 aliphatic rings. The Morgan fingerprint density at radius 2 is 2.15 bits per heavy atom. The summed E-state index contributed by atoms with van der Waals surface area (Å²) in [6, 6.07) is 5.70. The molecule has 0 aromatic carbocycles. The van der Waals surface area contributed by atoms with E-state index < -0.39 is 17.3 Å². The van der Waals surface area contributed by atoms with Crippen molar-refractivity contribution in [2.75, 3.05) is 5.32 Å². The fraction of sp³-hybridized carbons (Fsp3) is 0.333. The summed E-state index contributed by atoms with van der Waals surface area (Å²) in [6.45, 7) is 3.78. The molecule has 1 aliphatic heterocycles. The summed E-state index contributed by atoms with van der Waals surface area (Å²) in [5.41, 5.74) is 5.10. The van der Waals surface area contributed by atoms with Crippen LogP contribution in [0.3, 0.4) is 0 Å². The fourth-order valence-corrected chi connectivity index (χ4v) is 3.79. The van der Waals surface area contributed by atoms with Crippen LogP contribution in [0.25, 0.3) is 0 Å². The molecule has 3 N–H and O–H groups in total. The van der Waals surface area contributed by atoms with E-state index in [1.54, 1.807) is 13.0 Å². The number of nitrogens with zero attached hydrogens (tertiary/aromatic N) is 3. The molecule has 0 spiro atoms. The normalized spacial score (nSPS) is 28.6. The van der Waals surface area contributed by atoms with E-state index in [-0.39, 0.29) is 41.2 Å². The van der Waals surface area contributed by atoms with Crippen molar-refractivity contribution >= 4 is 29.3 Å². The summed E-state index contributed by atoms with van der Waals surface area (Å²) in [7, 11) is 0. The van der Waals surface area contributed by atoms with Gasteiger partial charge in [0.05, 0.1) is 5.02 Å². The number of anilines is 1. The highest BCUT2D eigenvalue weighted by Crippen LogP contribution is 2.56. The number of amidine groups is 1. The predicted molar refractivity (Wildman–Crippen MR) is 97.9 cm³/mol. The summed E-state index contributed by atoms with van der Waals surface area (Å²) in [6.07, 6.45) is 1.26. The standard InChI is InChI=1S/C18H17ClFN5O2/c1-8-13-14(8)27-17(21)25-18(13,2)15-10(20)4-6-12(23-15)24-16(26)11-5-3-9(19)7-22-11/h3-8,13-14H,1-2H3,(H2,21,25)(H,23,24,26)/t8-,13+,14-,18+/m0/s1. The minimum Gasteiger partial charge on any atom is -0.461 e. The van der Waals surface area contributed by atoms with Gasteiger partial charge >= 0.3 is 0 Å². The third kappa shape index (κ3) is 2.99. The number of pyridine rings is 2. The van der Waals surface area contributed by atoms with Crippen molar-refractivity contribution < 1.29 is 13.9 Å². The summed E-state index contributed by atoms with van der Waals surface area (Å²) in [5, 5.41) is 3.04. The molecule has 140 valence electrons.